The zero-order chi connectivity index (χ0) is 32.4. The van der Waals surface area contributed by atoms with Gasteiger partial charge in [-0.3, -0.25) is 0 Å². The van der Waals surface area contributed by atoms with Crippen molar-refractivity contribution in [2.75, 3.05) is 19.8 Å². The summed E-state index contributed by atoms with van der Waals surface area (Å²) in [5.41, 5.74) is 2.10. The molecule has 2 aromatic carbocycles. The molecule has 0 heterocycles. The van der Waals surface area contributed by atoms with E-state index in [1.54, 1.807) is 24.3 Å². The summed E-state index contributed by atoms with van der Waals surface area (Å²) < 4.78 is 0. The van der Waals surface area contributed by atoms with Crippen LogP contribution in [0, 0.1) is 5.92 Å². The zero-order valence-electron chi connectivity index (χ0n) is 23.4. The predicted molar refractivity (Wildman–Crippen MR) is 156 cm³/mol. The van der Waals surface area contributed by atoms with Crippen molar-refractivity contribution in [3.05, 3.63) is 97.6 Å². The van der Waals surface area contributed by atoms with Gasteiger partial charge in [0.15, 0.2) is 0 Å². The van der Waals surface area contributed by atoms with Crippen LogP contribution in [-0.2, 0) is 19.8 Å². The number of aliphatic carboxylic acids is 3. The van der Waals surface area contributed by atoms with Crippen molar-refractivity contribution in [3.63, 3.8) is 0 Å². The molecule has 0 fully saturated rings. The van der Waals surface area contributed by atoms with Crippen molar-refractivity contribution in [1.29, 1.82) is 0 Å². The maximum Gasteiger partial charge on any atom is 0.327 e. The summed E-state index contributed by atoms with van der Waals surface area (Å²) in [5.74, 6) is -2.44. The van der Waals surface area contributed by atoms with E-state index >= 15 is 0 Å². The van der Waals surface area contributed by atoms with Gasteiger partial charge in [0.05, 0.1) is 0 Å². The molecule has 11 heteroatoms. The Labute approximate surface area is 240 Å². The van der Waals surface area contributed by atoms with Gasteiger partial charge in [0, 0.05) is 49.4 Å². The van der Waals surface area contributed by atoms with Gasteiger partial charge in [-0.1, -0.05) is 57.8 Å². The Morgan fingerprint density at radius 2 is 0.951 bits per heavy atom. The Hall–Kier alpha value is -4.45. The minimum absolute atomic E-state index is 0.0104. The van der Waals surface area contributed by atoms with E-state index in [2.05, 4.69) is 33.6 Å². The molecule has 0 spiro atoms. The highest BCUT2D eigenvalue weighted by atomic mass is 16.4. The molecule has 0 aromatic heterocycles. The van der Waals surface area contributed by atoms with Crippen molar-refractivity contribution >= 4 is 17.9 Å². The maximum atomic E-state index is 9.30. The second-order valence-corrected chi connectivity index (χ2v) is 8.44. The Kier molecular flexibility index (Phi) is 24.6. The SMILES string of the molecule is C=CC(=O)O.C=CC(=O)O.C=CC(=O)O.CC(C)(c1ccc(O)cc1)c1ccc(O)cc1.OCCCC(CO)CO. The van der Waals surface area contributed by atoms with E-state index in [4.69, 9.17) is 30.6 Å². The number of carboxylic acids is 3. The van der Waals surface area contributed by atoms with Crippen LogP contribution in [-0.4, -0.2) is 78.6 Å². The highest BCUT2D eigenvalue weighted by Gasteiger charge is 2.22. The Morgan fingerprint density at radius 3 is 1.15 bits per heavy atom. The van der Waals surface area contributed by atoms with E-state index < -0.39 is 17.9 Å². The van der Waals surface area contributed by atoms with Crippen LogP contribution >= 0.6 is 0 Å². The molecule has 0 saturated heterocycles. The number of aliphatic hydroxyl groups is 3. The second-order valence-electron chi connectivity index (χ2n) is 8.44. The lowest BCUT2D eigenvalue weighted by atomic mass is 9.78. The first-order valence-electron chi connectivity index (χ1n) is 12.1. The number of phenolic OH excluding ortho intramolecular Hbond substituents is 2. The first kappa shape index (κ1) is 41.0. The second kappa shape index (κ2) is 24.6. The van der Waals surface area contributed by atoms with Crippen molar-refractivity contribution in [2.24, 2.45) is 5.92 Å². The Morgan fingerprint density at radius 1 is 0.683 bits per heavy atom. The normalized spacial score (nSPS) is 9.41. The number of aliphatic hydroxyl groups excluding tert-OH is 3. The maximum absolute atomic E-state index is 9.30. The van der Waals surface area contributed by atoms with Gasteiger partial charge in [-0.05, 0) is 48.2 Å². The molecule has 0 bridgehead atoms. The van der Waals surface area contributed by atoms with Crippen molar-refractivity contribution < 1.29 is 55.2 Å². The molecule has 0 radical (unpaired) electrons. The number of aromatic hydroxyl groups is 2. The van der Waals surface area contributed by atoms with E-state index in [1.165, 1.54) is 0 Å². The Balaban J connectivity index is -0.000000507. The fourth-order valence-electron chi connectivity index (χ4n) is 2.54. The molecule has 0 aliphatic carbocycles. The number of hydrogen-bond acceptors (Lipinski definition) is 8. The fourth-order valence-corrected chi connectivity index (χ4v) is 2.54. The summed E-state index contributed by atoms with van der Waals surface area (Å²) in [6.07, 6.45) is 3.86. The van der Waals surface area contributed by atoms with Gasteiger partial charge in [0.25, 0.3) is 0 Å². The number of hydrogen-bond donors (Lipinski definition) is 8. The molecule has 2 aromatic rings. The third kappa shape index (κ3) is 23.2. The van der Waals surface area contributed by atoms with Crippen LogP contribution in [0.15, 0.2) is 86.5 Å². The topological polar surface area (TPSA) is 213 Å². The van der Waals surface area contributed by atoms with Crippen LogP contribution < -0.4 is 0 Å². The summed E-state index contributed by atoms with van der Waals surface area (Å²) in [5, 5.41) is 66.8. The van der Waals surface area contributed by atoms with Gasteiger partial charge in [-0.25, -0.2) is 14.4 Å². The van der Waals surface area contributed by atoms with Crippen LogP contribution in [0.4, 0.5) is 0 Å². The molecular weight excluding hydrogens is 536 g/mol. The van der Waals surface area contributed by atoms with Crippen LogP contribution in [0.2, 0.25) is 0 Å². The average molecular weight is 579 g/mol. The van der Waals surface area contributed by atoms with Crippen molar-refractivity contribution in [1.82, 2.24) is 0 Å². The van der Waals surface area contributed by atoms with Crippen LogP contribution in [0.25, 0.3) is 0 Å². The lowest BCUT2D eigenvalue weighted by molar-refractivity contribution is -0.132. The van der Waals surface area contributed by atoms with Gasteiger partial charge in [0.1, 0.15) is 11.5 Å². The smallest absolute Gasteiger partial charge is 0.327 e. The number of carbonyl (C=O) groups is 3. The number of phenols is 2. The summed E-state index contributed by atoms with van der Waals surface area (Å²) in [4.78, 5) is 27.8. The van der Waals surface area contributed by atoms with E-state index in [1.807, 2.05) is 24.3 Å². The molecule has 0 atom stereocenters. The quantitative estimate of drug-likeness (QED) is 0.191. The van der Waals surface area contributed by atoms with E-state index in [0.29, 0.717) is 12.8 Å². The highest BCUT2D eigenvalue weighted by molar-refractivity contribution is 5.79. The highest BCUT2D eigenvalue weighted by Crippen LogP contribution is 2.32. The lowest BCUT2D eigenvalue weighted by Gasteiger charge is -2.26. The molecule has 11 nitrogen and oxygen atoms in total. The summed E-state index contributed by atoms with van der Waals surface area (Å²) >= 11 is 0. The lowest BCUT2D eigenvalue weighted by Crippen LogP contribution is -2.18. The summed E-state index contributed by atoms with van der Waals surface area (Å²) in [7, 11) is 0. The van der Waals surface area contributed by atoms with Gasteiger partial charge in [-0.2, -0.15) is 0 Å². The zero-order valence-corrected chi connectivity index (χ0v) is 23.4. The van der Waals surface area contributed by atoms with Crippen LogP contribution in [0.1, 0.15) is 37.8 Å². The molecule has 8 N–H and O–H groups in total. The molecule has 41 heavy (non-hydrogen) atoms. The molecular formula is C30H42O11. The minimum atomic E-state index is -0.981. The molecule has 0 unspecified atom stereocenters. The van der Waals surface area contributed by atoms with Crippen molar-refractivity contribution in [2.45, 2.75) is 32.1 Å². The molecule has 228 valence electrons. The van der Waals surface area contributed by atoms with E-state index in [0.717, 1.165) is 29.4 Å². The summed E-state index contributed by atoms with van der Waals surface area (Å²) in [6, 6.07) is 14.4. The fraction of sp³-hybridized carbons (Fsp3) is 0.300. The van der Waals surface area contributed by atoms with Gasteiger partial charge in [-0.15, -0.1) is 0 Å². The summed E-state index contributed by atoms with van der Waals surface area (Å²) in [6.45, 7) is 13.3. The molecule has 0 amide bonds. The van der Waals surface area contributed by atoms with Crippen LogP contribution in [0.3, 0.4) is 0 Å². The minimum Gasteiger partial charge on any atom is -0.508 e. The molecule has 0 aliphatic heterocycles. The standard InChI is InChI=1S/C15H16O2.C6H14O3.3C3H4O2/c1-15(2,11-3-7-13(16)8-4-11)12-5-9-14(17)10-6-12;7-3-1-2-6(4-8)5-9;3*1-2-3(4)5/h3-10,16-17H,1-2H3;6-9H,1-5H2;3*2H,1H2,(H,4,5). The van der Waals surface area contributed by atoms with Crippen molar-refractivity contribution in [3.8, 4) is 11.5 Å². The average Bonchev–Trinajstić information content (AvgIpc) is 2.95. The van der Waals surface area contributed by atoms with Gasteiger partial charge >= 0.3 is 17.9 Å². The van der Waals surface area contributed by atoms with Gasteiger partial charge in [0.2, 0.25) is 0 Å². The first-order valence-corrected chi connectivity index (χ1v) is 12.1. The number of rotatable bonds is 10. The first-order chi connectivity index (χ1) is 19.2. The number of carboxylic acid groups (broad SMARTS) is 3. The van der Waals surface area contributed by atoms with E-state index in [9.17, 15) is 24.6 Å². The monoisotopic (exact) mass is 578 g/mol. The molecule has 2 rings (SSSR count). The van der Waals surface area contributed by atoms with E-state index in [-0.39, 0.29) is 42.7 Å². The molecule has 0 aliphatic rings. The largest absolute Gasteiger partial charge is 0.508 e. The predicted octanol–water partition coefficient (Wildman–Crippen LogP) is 3.55. The van der Waals surface area contributed by atoms with Gasteiger partial charge < -0.3 is 40.9 Å². The Bertz CT molecular complexity index is 933. The third-order valence-electron chi connectivity index (χ3n) is 4.99. The van der Waals surface area contributed by atoms with Crippen LogP contribution in [0.5, 0.6) is 11.5 Å². The molecule has 0 saturated carbocycles. The number of benzene rings is 2. The third-order valence-corrected chi connectivity index (χ3v) is 4.99.